The van der Waals surface area contributed by atoms with Crippen molar-refractivity contribution >= 4 is 28.7 Å². The van der Waals surface area contributed by atoms with Gasteiger partial charge in [-0.2, -0.15) is 11.8 Å². The summed E-state index contributed by atoms with van der Waals surface area (Å²) >= 11 is 1.88. The van der Waals surface area contributed by atoms with Crippen LogP contribution >= 0.6 is 11.8 Å². The summed E-state index contributed by atoms with van der Waals surface area (Å²) in [5.74, 6) is 0.929. The number of halogens is 2. The molecule has 4 N–H and O–H groups in total. The van der Waals surface area contributed by atoms with Gasteiger partial charge in [-0.3, -0.25) is 5.41 Å². The summed E-state index contributed by atoms with van der Waals surface area (Å²) in [6, 6.07) is 2.59. The van der Waals surface area contributed by atoms with Gasteiger partial charge in [0.05, 0.1) is 5.71 Å². The molecule has 142 valence electrons. The first-order valence-corrected chi connectivity index (χ1v) is 10.0. The van der Waals surface area contributed by atoms with Gasteiger partial charge in [-0.25, -0.2) is 8.78 Å². The first kappa shape index (κ1) is 18.1. The minimum atomic E-state index is -0.604. The van der Waals surface area contributed by atoms with E-state index in [1.165, 1.54) is 12.1 Å². The molecule has 2 saturated heterocycles. The van der Waals surface area contributed by atoms with Crippen molar-refractivity contribution in [1.82, 2.24) is 5.32 Å². The molecule has 1 spiro atoms. The van der Waals surface area contributed by atoms with E-state index in [0.717, 1.165) is 11.5 Å². The lowest BCUT2D eigenvalue weighted by atomic mass is 9.82. The minimum absolute atomic E-state index is 0.0304. The van der Waals surface area contributed by atoms with Gasteiger partial charge in [0.2, 0.25) is 0 Å². The van der Waals surface area contributed by atoms with Crippen LogP contribution in [0.15, 0.2) is 41.8 Å². The summed E-state index contributed by atoms with van der Waals surface area (Å²) < 4.78 is 29.7. The van der Waals surface area contributed by atoms with Crippen molar-refractivity contribution in [2.45, 2.75) is 6.92 Å². The highest BCUT2D eigenvalue weighted by atomic mass is 32.2. The van der Waals surface area contributed by atoms with Crippen LogP contribution in [0.4, 0.5) is 14.5 Å². The van der Waals surface area contributed by atoms with E-state index in [2.05, 4.69) is 5.32 Å². The third kappa shape index (κ3) is 3.14. The van der Waals surface area contributed by atoms with Crippen LogP contribution < -0.4 is 16.0 Å². The van der Waals surface area contributed by atoms with E-state index >= 15 is 0 Å². The van der Waals surface area contributed by atoms with Crippen molar-refractivity contribution in [2.75, 3.05) is 36.0 Å². The average molecular weight is 388 g/mol. The maximum atomic E-state index is 14.8. The van der Waals surface area contributed by atoms with E-state index in [0.29, 0.717) is 42.0 Å². The number of benzene rings is 1. The van der Waals surface area contributed by atoms with Gasteiger partial charge >= 0.3 is 0 Å². The molecule has 1 aromatic carbocycles. The fourth-order valence-corrected chi connectivity index (χ4v) is 5.01. The quantitative estimate of drug-likeness (QED) is 0.693. The number of thioether (sulfide) groups is 1. The molecule has 0 aromatic heterocycles. The van der Waals surface area contributed by atoms with Crippen molar-refractivity contribution in [3.05, 3.63) is 59.0 Å². The van der Waals surface area contributed by atoms with Gasteiger partial charge in [0.1, 0.15) is 17.3 Å². The van der Waals surface area contributed by atoms with E-state index in [1.54, 1.807) is 24.1 Å². The number of anilines is 1. The Balaban J connectivity index is 1.64. The smallest absolute Gasteiger partial charge is 0.150 e. The van der Waals surface area contributed by atoms with Crippen LogP contribution in [0.5, 0.6) is 0 Å². The normalized spacial score (nSPS) is 21.0. The fraction of sp³-hybridized carbons (Fsp3) is 0.350. The predicted octanol–water partition coefficient (Wildman–Crippen LogP) is 3.27. The molecule has 0 saturated carbocycles. The number of hydrogen-bond donors (Lipinski definition) is 3. The van der Waals surface area contributed by atoms with Crippen LogP contribution in [-0.2, 0) is 0 Å². The van der Waals surface area contributed by atoms with Crippen molar-refractivity contribution in [3.8, 4) is 0 Å². The van der Waals surface area contributed by atoms with Crippen LogP contribution in [0.1, 0.15) is 12.5 Å². The summed E-state index contributed by atoms with van der Waals surface area (Å²) in [6.07, 6.45) is 5.35. The summed E-state index contributed by atoms with van der Waals surface area (Å²) in [4.78, 5) is 1.77. The predicted molar refractivity (Wildman–Crippen MR) is 108 cm³/mol. The zero-order valence-electron chi connectivity index (χ0n) is 15.1. The van der Waals surface area contributed by atoms with E-state index in [9.17, 15) is 8.78 Å². The lowest BCUT2D eigenvalue weighted by Gasteiger charge is -2.56. The molecule has 3 heterocycles. The van der Waals surface area contributed by atoms with Gasteiger partial charge in [-0.05, 0) is 42.5 Å². The summed E-state index contributed by atoms with van der Waals surface area (Å²) in [5.41, 5.74) is 8.10. The molecule has 0 radical (unpaired) electrons. The minimum Gasteiger partial charge on any atom is -0.402 e. The number of allylic oxidation sites excluding steroid dienone is 4. The van der Waals surface area contributed by atoms with Crippen molar-refractivity contribution in [2.24, 2.45) is 11.1 Å². The largest absolute Gasteiger partial charge is 0.402 e. The SMILES string of the molecule is C/C(N)=C(/C(=N)C1=CCNC=C1)c1cc(F)c(N2CC3(CSC3)C2)c(F)c1. The van der Waals surface area contributed by atoms with Crippen LogP contribution in [-0.4, -0.2) is 36.9 Å². The van der Waals surface area contributed by atoms with Crippen LogP contribution in [0.3, 0.4) is 0 Å². The molecule has 0 unspecified atom stereocenters. The summed E-state index contributed by atoms with van der Waals surface area (Å²) in [7, 11) is 0. The number of nitrogens with one attached hydrogen (secondary N) is 2. The summed E-state index contributed by atoms with van der Waals surface area (Å²) in [5, 5.41) is 11.5. The average Bonchev–Trinajstić information content (AvgIpc) is 2.55. The van der Waals surface area contributed by atoms with Gasteiger partial charge in [0.25, 0.3) is 0 Å². The van der Waals surface area contributed by atoms with Crippen molar-refractivity contribution in [1.29, 1.82) is 5.41 Å². The number of rotatable bonds is 4. The number of dihydropyridines is 1. The molecule has 4 rings (SSSR count). The van der Waals surface area contributed by atoms with Gasteiger partial charge in [-0.1, -0.05) is 6.08 Å². The highest BCUT2D eigenvalue weighted by molar-refractivity contribution is 8.00. The van der Waals surface area contributed by atoms with Gasteiger partial charge < -0.3 is 16.0 Å². The van der Waals surface area contributed by atoms with Crippen molar-refractivity contribution in [3.63, 3.8) is 0 Å². The second-order valence-corrected chi connectivity index (χ2v) is 8.46. The molecule has 1 aromatic rings. The maximum absolute atomic E-state index is 14.8. The standard InChI is InChI=1S/C20H22F2N4S/c1-12(23)17(18(24)13-2-4-25-5-3-13)14-6-15(21)19(16(22)7-14)26-8-20(9-26)10-27-11-20/h2-4,6-7,24-25H,5,8-11,23H2,1H3/b17-12-,24-18?. The van der Waals surface area contributed by atoms with E-state index in [1.807, 2.05) is 17.8 Å². The molecule has 7 heteroatoms. The van der Waals surface area contributed by atoms with Crippen LogP contribution in [0.2, 0.25) is 0 Å². The summed E-state index contributed by atoms with van der Waals surface area (Å²) in [6.45, 7) is 3.65. The molecule has 4 nitrogen and oxygen atoms in total. The monoisotopic (exact) mass is 388 g/mol. The van der Waals surface area contributed by atoms with Gasteiger partial charge in [0.15, 0.2) is 0 Å². The first-order valence-electron chi connectivity index (χ1n) is 8.88. The fourth-order valence-electron chi connectivity index (χ4n) is 3.86. The van der Waals surface area contributed by atoms with E-state index < -0.39 is 11.6 Å². The second-order valence-electron chi connectivity index (χ2n) is 7.47. The number of hydrogen-bond acceptors (Lipinski definition) is 5. The maximum Gasteiger partial charge on any atom is 0.150 e. The highest BCUT2D eigenvalue weighted by Gasteiger charge is 2.49. The highest BCUT2D eigenvalue weighted by Crippen LogP contribution is 2.47. The number of nitrogens with zero attached hydrogens (tertiary/aromatic N) is 1. The molecule has 0 bridgehead atoms. The topological polar surface area (TPSA) is 65.1 Å². The van der Waals surface area contributed by atoms with Gasteiger partial charge in [-0.15, -0.1) is 0 Å². The van der Waals surface area contributed by atoms with E-state index in [4.69, 9.17) is 11.1 Å². The Labute approximate surface area is 161 Å². The Morgan fingerprint density at radius 1 is 1.26 bits per heavy atom. The first-order chi connectivity index (χ1) is 12.9. The zero-order valence-corrected chi connectivity index (χ0v) is 15.9. The van der Waals surface area contributed by atoms with E-state index in [-0.39, 0.29) is 16.8 Å². The van der Waals surface area contributed by atoms with Crippen LogP contribution in [0, 0.1) is 22.5 Å². The van der Waals surface area contributed by atoms with Gasteiger partial charge in [0, 0.05) is 47.8 Å². The Morgan fingerprint density at radius 3 is 2.41 bits per heavy atom. The Kier molecular flexibility index (Phi) is 4.50. The Bertz CT molecular complexity index is 864. The molecular weight excluding hydrogens is 366 g/mol. The molecule has 3 aliphatic heterocycles. The second kappa shape index (κ2) is 6.71. The molecular formula is C20H22F2N4S. The molecule has 3 aliphatic rings. The third-order valence-corrected chi connectivity index (χ3v) is 6.88. The Hall–Kier alpha value is -2.28. The number of nitrogens with two attached hydrogens (primary N) is 1. The van der Waals surface area contributed by atoms with Crippen LogP contribution in [0.25, 0.3) is 5.57 Å². The Morgan fingerprint density at radius 2 is 1.93 bits per heavy atom. The molecule has 0 amide bonds. The van der Waals surface area contributed by atoms with Crippen molar-refractivity contribution < 1.29 is 8.78 Å². The lowest BCUT2D eigenvalue weighted by Crippen LogP contribution is -2.63. The molecule has 0 aliphatic carbocycles. The molecule has 2 fully saturated rings. The molecule has 27 heavy (non-hydrogen) atoms. The third-order valence-electron chi connectivity index (χ3n) is 5.24. The molecule has 0 atom stereocenters. The lowest BCUT2D eigenvalue weighted by molar-refractivity contribution is 0.268. The zero-order chi connectivity index (χ0) is 19.2.